The number of fused-ring (bicyclic) bond motifs is 3. The van der Waals surface area contributed by atoms with Crippen LogP contribution in [-0.4, -0.2) is 9.97 Å². The van der Waals surface area contributed by atoms with E-state index in [0.717, 1.165) is 33.2 Å². The first-order valence-corrected chi connectivity index (χ1v) is 20.6. The molecule has 54 heavy (non-hydrogen) atoms. The fraction of sp³-hybridized carbons (Fsp3) is 0.308. The Morgan fingerprint density at radius 3 is 1.17 bits per heavy atom. The molecule has 0 aliphatic heterocycles. The summed E-state index contributed by atoms with van der Waals surface area (Å²) in [6.45, 7) is 9.19. The van der Waals surface area contributed by atoms with Crippen LogP contribution in [0, 0.1) is 27.7 Å². The summed E-state index contributed by atoms with van der Waals surface area (Å²) in [6, 6.07) is 40.7. The standard InChI is InChI=1S/C52H52N2/c1-33-29-45(35(3)27-43(33)37-17-9-5-10-18-37)49-31-47(39-21-13-7-14-22-39)41-25-26-42-48(40-23-15-8-16-24-40)32-50(54-52(42)51(41)53-49)46-30-34(2)44(28-36(46)4)38-19-11-6-12-20-38/h7-8,13-16,21-32,37-38H,5-6,9-12,17-20H2,1-4H3. The second-order valence-electron chi connectivity index (χ2n) is 16.4. The molecule has 2 saturated carbocycles. The number of nitrogens with zero attached hydrogens (tertiary/aromatic N) is 2. The lowest BCUT2D eigenvalue weighted by Crippen LogP contribution is -2.07. The molecule has 2 heteroatoms. The Morgan fingerprint density at radius 2 is 0.778 bits per heavy atom. The van der Waals surface area contributed by atoms with Crippen molar-refractivity contribution in [2.75, 3.05) is 0 Å². The summed E-state index contributed by atoms with van der Waals surface area (Å²) in [7, 11) is 0. The fourth-order valence-corrected chi connectivity index (χ4v) is 9.90. The number of hydrogen-bond acceptors (Lipinski definition) is 2. The summed E-state index contributed by atoms with van der Waals surface area (Å²) < 4.78 is 0. The lowest BCUT2D eigenvalue weighted by Gasteiger charge is -2.25. The van der Waals surface area contributed by atoms with Crippen molar-refractivity contribution in [1.82, 2.24) is 9.97 Å². The van der Waals surface area contributed by atoms with Gasteiger partial charge in [-0.3, -0.25) is 0 Å². The molecule has 0 amide bonds. The average molecular weight is 705 g/mol. The third-order valence-electron chi connectivity index (χ3n) is 12.8. The summed E-state index contributed by atoms with van der Waals surface area (Å²) in [5, 5.41) is 2.27. The van der Waals surface area contributed by atoms with Crippen LogP contribution in [-0.2, 0) is 0 Å². The van der Waals surface area contributed by atoms with E-state index in [1.165, 1.54) is 131 Å². The van der Waals surface area contributed by atoms with Crippen molar-refractivity contribution in [3.05, 3.63) is 143 Å². The Bertz CT molecular complexity index is 2310. The van der Waals surface area contributed by atoms with E-state index >= 15 is 0 Å². The quantitative estimate of drug-likeness (QED) is 0.161. The predicted molar refractivity (Wildman–Crippen MR) is 229 cm³/mol. The maximum Gasteiger partial charge on any atom is 0.0978 e. The van der Waals surface area contributed by atoms with Gasteiger partial charge in [-0.1, -0.05) is 123 Å². The Morgan fingerprint density at radius 1 is 0.389 bits per heavy atom. The van der Waals surface area contributed by atoms with Crippen LogP contribution in [0.5, 0.6) is 0 Å². The van der Waals surface area contributed by atoms with E-state index < -0.39 is 0 Å². The molecule has 0 atom stereocenters. The molecule has 2 fully saturated rings. The van der Waals surface area contributed by atoms with Gasteiger partial charge < -0.3 is 0 Å². The van der Waals surface area contributed by atoms with Gasteiger partial charge in [0.1, 0.15) is 0 Å². The maximum atomic E-state index is 5.63. The summed E-state index contributed by atoms with van der Waals surface area (Å²) in [4.78, 5) is 11.3. The molecule has 5 aromatic carbocycles. The van der Waals surface area contributed by atoms with E-state index in [9.17, 15) is 0 Å². The predicted octanol–water partition coefficient (Wildman–Crippen LogP) is 14.8. The van der Waals surface area contributed by atoms with Crippen molar-refractivity contribution in [3.63, 3.8) is 0 Å². The zero-order valence-electron chi connectivity index (χ0n) is 32.5. The monoisotopic (exact) mass is 704 g/mol. The van der Waals surface area contributed by atoms with Gasteiger partial charge in [-0.05, 0) is 145 Å². The van der Waals surface area contributed by atoms with E-state index in [1.54, 1.807) is 0 Å². The van der Waals surface area contributed by atoms with Crippen molar-refractivity contribution in [3.8, 4) is 44.8 Å². The minimum absolute atomic E-state index is 0.669. The van der Waals surface area contributed by atoms with Crippen LogP contribution < -0.4 is 0 Å². The molecule has 2 aliphatic carbocycles. The molecular weight excluding hydrogens is 653 g/mol. The molecule has 0 radical (unpaired) electrons. The molecule has 2 aliphatic rings. The highest BCUT2D eigenvalue weighted by atomic mass is 14.8. The minimum atomic E-state index is 0.669. The second-order valence-corrected chi connectivity index (χ2v) is 16.4. The zero-order valence-corrected chi connectivity index (χ0v) is 32.5. The van der Waals surface area contributed by atoms with E-state index in [-0.39, 0.29) is 0 Å². The Kier molecular flexibility index (Phi) is 9.39. The van der Waals surface area contributed by atoms with Gasteiger partial charge in [-0.2, -0.15) is 0 Å². The van der Waals surface area contributed by atoms with Crippen LogP contribution in [0.25, 0.3) is 66.6 Å². The van der Waals surface area contributed by atoms with Crippen molar-refractivity contribution in [1.29, 1.82) is 0 Å². The first kappa shape index (κ1) is 34.7. The van der Waals surface area contributed by atoms with E-state index in [0.29, 0.717) is 11.8 Å². The first-order chi connectivity index (χ1) is 26.4. The number of rotatable bonds is 6. The number of aromatic nitrogens is 2. The summed E-state index contributed by atoms with van der Waals surface area (Å²) >= 11 is 0. The summed E-state index contributed by atoms with van der Waals surface area (Å²) in [6.07, 6.45) is 13.3. The smallest absolute Gasteiger partial charge is 0.0978 e. The number of aryl methyl sites for hydroxylation is 4. The molecule has 2 nitrogen and oxygen atoms in total. The molecule has 0 N–H and O–H groups in total. The molecule has 2 aromatic heterocycles. The Hall–Kier alpha value is -5.08. The first-order valence-electron chi connectivity index (χ1n) is 20.6. The molecule has 0 saturated heterocycles. The molecule has 0 unspecified atom stereocenters. The summed E-state index contributed by atoms with van der Waals surface area (Å²) in [5.41, 5.74) is 19.6. The molecule has 7 aromatic rings. The van der Waals surface area contributed by atoms with Crippen molar-refractivity contribution in [2.24, 2.45) is 0 Å². The van der Waals surface area contributed by atoms with Crippen molar-refractivity contribution >= 4 is 21.8 Å². The van der Waals surface area contributed by atoms with E-state index in [4.69, 9.17) is 9.97 Å². The topological polar surface area (TPSA) is 25.8 Å². The molecule has 2 heterocycles. The van der Waals surface area contributed by atoms with Crippen LogP contribution in [0.2, 0.25) is 0 Å². The SMILES string of the molecule is Cc1cc(C2CCCCC2)c(C)cc1-c1cc(-c2ccccc2)c2ccc3c(-c4ccccc4)cc(-c4cc(C)c(C5CCCCC5)cc4C)nc3c2n1. The normalized spacial score (nSPS) is 15.6. The van der Waals surface area contributed by atoms with Gasteiger partial charge >= 0.3 is 0 Å². The highest BCUT2D eigenvalue weighted by Crippen LogP contribution is 2.43. The van der Waals surface area contributed by atoms with Gasteiger partial charge in [-0.25, -0.2) is 9.97 Å². The minimum Gasteiger partial charge on any atom is -0.245 e. The number of benzene rings is 5. The van der Waals surface area contributed by atoms with Crippen molar-refractivity contribution in [2.45, 2.75) is 104 Å². The van der Waals surface area contributed by atoms with Gasteiger partial charge in [0.15, 0.2) is 0 Å². The fourth-order valence-electron chi connectivity index (χ4n) is 9.90. The van der Waals surface area contributed by atoms with Gasteiger partial charge in [0.2, 0.25) is 0 Å². The lowest BCUT2D eigenvalue weighted by atomic mass is 9.80. The van der Waals surface area contributed by atoms with Gasteiger partial charge in [0, 0.05) is 21.9 Å². The third kappa shape index (κ3) is 6.44. The van der Waals surface area contributed by atoms with Crippen LogP contribution >= 0.6 is 0 Å². The largest absolute Gasteiger partial charge is 0.245 e. The van der Waals surface area contributed by atoms with Crippen molar-refractivity contribution < 1.29 is 0 Å². The van der Waals surface area contributed by atoms with Gasteiger partial charge in [0.05, 0.1) is 22.4 Å². The third-order valence-corrected chi connectivity index (χ3v) is 12.8. The van der Waals surface area contributed by atoms with E-state index in [1.807, 2.05) is 0 Å². The van der Waals surface area contributed by atoms with Crippen LogP contribution in [0.15, 0.2) is 109 Å². The average Bonchev–Trinajstić information content (AvgIpc) is 3.22. The lowest BCUT2D eigenvalue weighted by molar-refractivity contribution is 0.442. The van der Waals surface area contributed by atoms with Gasteiger partial charge in [-0.15, -0.1) is 0 Å². The van der Waals surface area contributed by atoms with E-state index in [2.05, 4.69) is 137 Å². The molecule has 0 bridgehead atoms. The second kappa shape index (κ2) is 14.6. The Balaban J connectivity index is 1.30. The summed E-state index contributed by atoms with van der Waals surface area (Å²) in [5.74, 6) is 1.34. The Labute approximate surface area is 321 Å². The van der Waals surface area contributed by atoms with Crippen LogP contribution in [0.1, 0.15) is 109 Å². The molecule has 9 rings (SSSR count). The molecule has 0 spiro atoms. The molecular formula is C52H52N2. The highest BCUT2D eigenvalue weighted by molar-refractivity contribution is 6.13. The van der Waals surface area contributed by atoms with Gasteiger partial charge in [0.25, 0.3) is 0 Å². The number of pyridine rings is 2. The highest BCUT2D eigenvalue weighted by Gasteiger charge is 2.23. The molecule has 270 valence electrons. The zero-order chi connectivity index (χ0) is 36.8. The van der Waals surface area contributed by atoms with Crippen LogP contribution in [0.3, 0.4) is 0 Å². The number of hydrogen-bond donors (Lipinski definition) is 0. The maximum absolute atomic E-state index is 5.63. The van der Waals surface area contributed by atoms with Crippen LogP contribution in [0.4, 0.5) is 0 Å².